The van der Waals surface area contributed by atoms with E-state index < -0.39 is 0 Å². The van der Waals surface area contributed by atoms with E-state index in [-0.39, 0.29) is 5.56 Å². The molecule has 3 rings (SSSR count). The van der Waals surface area contributed by atoms with Crippen LogP contribution in [-0.4, -0.2) is 22.1 Å². The average Bonchev–Trinajstić information content (AvgIpc) is 3.19. The van der Waals surface area contributed by atoms with Crippen molar-refractivity contribution in [3.63, 3.8) is 0 Å². The lowest BCUT2D eigenvalue weighted by Crippen LogP contribution is -2.30. The van der Waals surface area contributed by atoms with E-state index in [2.05, 4.69) is 17.2 Å². The molecule has 1 atom stereocenters. The highest BCUT2D eigenvalue weighted by Crippen LogP contribution is 2.25. The number of hydrogen-bond donors (Lipinski definition) is 1. The van der Waals surface area contributed by atoms with E-state index in [4.69, 9.17) is 0 Å². The molecule has 0 saturated heterocycles. The molecule has 1 aliphatic carbocycles. The Morgan fingerprint density at radius 2 is 2.25 bits per heavy atom. The number of aryl methyl sites for hydroxylation is 2. The van der Waals surface area contributed by atoms with E-state index in [1.165, 1.54) is 17.7 Å². The number of rotatable bonds is 5. The molecule has 5 heteroatoms. The quantitative estimate of drug-likeness (QED) is 0.920. The summed E-state index contributed by atoms with van der Waals surface area (Å²) in [6.07, 6.45) is 4.30. The van der Waals surface area contributed by atoms with Gasteiger partial charge < -0.3 is 5.32 Å². The molecule has 0 bridgehead atoms. The molecule has 2 aromatic heterocycles. The van der Waals surface area contributed by atoms with Crippen molar-refractivity contribution in [1.29, 1.82) is 0 Å². The van der Waals surface area contributed by atoms with Gasteiger partial charge in [-0.25, -0.2) is 4.98 Å². The molecule has 4 nitrogen and oxygen atoms in total. The van der Waals surface area contributed by atoms with Crippen LogP contribution in [0.25, 0.3) is 10.2 Å². The summed E-state index contributed by atoms with van der Waals surface area (Å²) in [5.74, 6) is 0.438. The van der Waals surface area contributed by atoms with Crippen LogP contribution in [0.1, 0.15) is 30.2 Å². The monoisotopic (exact) mass is 291 g/mol. The van der Waals surface area contributed by atoms with Crippen molar-refractivity contribution in [2.45, 2.75) is 46.2 Å². The van der Waals surface area contributed by atoms with Gasteiger partial charge in [-0.15, -0.1) is 11.3 Å². The van der Waals surface area contributed by atoms with Crippen LogP contribution < -0.4 is 10.9 Å². The Morgan fingerprint density at radius 1 is 1.50 bits per heavy atom. The van der Waals surface area contributed by atoms with E-state index in [0.717, 1.165) is 34.9 Å². The molecule has 0 aliphatic heterocycles. The smallest absolute Gasteiger partial charge is 0.262 e. The Morgan fingerprint density at radius 3 is 2.95 bits per heavy atom. The number of thiophene rings is 1. The standard InChI is InChI=1S/C15H21N3OS/c1-9(6-16-12-4-5-12)7-18-8-17-14-13(15(18)19)10(2)11(3)20-14/h8-9,12,16H,4-7H2,1-3H3. The van der Waals surface area contributed by atoms with Crippen molar-refractivity contribution in [3.05, 3.63) is 27.1 Å². The first-order valence-corrected chi connectivity index (χ1v) is 8.06. The lowest BCUT2D eigenvalue weighted by molar-refractivity contribution is 0.436. The van der Waals surface area contributed by atoms with Crippen molar-refractivity contribution < 1.29 is 0 Å². The van der Waals surface area contributed by atoms with Gasteiger partial charge in [0, 0.05) is 17.5 Å². The van der Waals surface area contributed by atoms with Crippen molar-refractivity contribution in [2.24, 2.45) is 5.92 Å². The molecular formula is C15H21N3OS. The van der Waals surface area contributed by atoms with Gasteiger partial charge in [-0.05, 0) is 44.7 Å². The normalized spacial score (nSPS) is 16.8. The first-order valence-electron chi connectivity index (χ1n) is 7.24. The molecule has 1 fully saturated rings. The third kappa shape index (κ3) is 2.65. The van der Waals surface area contributed by atoms with E-state index in [1.807, 2.05) is 13.8 Å². The van der Waals surface area contributed by atoms with Crippen molar-refractivity contribution in [2.75, 3.05) is 6.54 Å². The van der Waals surface area contributed by atoms with Gasteiger partial charge in [-0.3, -0.25) is 9.36 Å². The minimum atomic E-state index is 0.107. The van der Waals surface area contributed by atoms with Crippen molar-refractivity contribution >= 4 is 21.6 Å². The van der Waals surface area contributed by atoms with Crippen molar-refractivity contribution in [3.8, 4) is 0 Å². The molecule has 20 heavy (non-hydrogen) atoms. The summed E-state index contributed by atoms with van der Waals surface area (Å²) in [4.78, 5) is 19.1. The fourth-order valence-electron chi connectivity index (χ4n) is 2.46. The second-order valence-electron chi connectivity index (χ2n) is 5.95. The van der Waals surface area contributed by atoms with Crippen LogP contribution in [0.5, 0.6) is 0 Å². The maximum Gasteiger partial charge on any atom is 0.262 e. The van der Waals surface area contributed by atoms with Crippen molar-refractivity contribution in [1.82, 2.24) is 14.9 Å². The summed E-state index contributed by atoms with van der Waals surface area (Å²) in [5, 5.41) is 4.32. The summed E-state index contributed by atoms with van der Waals surface area (Å²) in [5.41, 5.74) is 1.19. The molecule has 0 radical (unpaired) electrons. The second-order valence-corrected chi connectivity index (χ2v) is 7.16. The highest BCUT2D eigenvalue weighted by molar-refractivity contribution is 7.18. The van der Waals surface area contributed by atoms with Crippen LogP contribution in [0.15, 0.2) is 11.1 Å². The highest BCUT2D eigenvalue weighted by atomic mass is 32.1. The zero-order valence-electron chi connectivity index (χ0n) is 12.3. The van der Waals surface area contributed by atoms with Crippen LogP contribution >= 0.6 is 11.3 Å². The fraction of sp³-hybridized carbons (Fsp3) is 0.600. The van der Waals surface area contributed by atoms with Crippen LogP contribution in [0.3, 0.4) is 0 Å². The second kappa shape index (κ2) is 5.30. The summed E-state index contributed by atoms with van der Waals surface area (Å²) >= 11 is 1.61. The van der Waals surface area contributed by atoms with E-state index in [9.17, 15) is 4.79 Å². The lowest BCUT2D eigenvalue weighted by atomic mass is 10.1. The molecule has 2 heterocycles. The predicted octanol–water partition coefficient (Wildman–Crippen LogP) is 2.46. The lowest BCUT2D eigenvalue weighted by Gasteiger charge is -2.13. The molecule has 0 amide bonds. The summed E-state index contributed by atoms with van der Waals surface area (Å²) in [6, 6.07) is 0.719. The topological polar surface area (TPSA) is 46.9 Å². The van der Waals surface area contributed by atoms with Gasteiger partial charge in [0.1, 0.15) is 4.83 Å². The molecule has 0 spiro atoms. The molecule has 0 aromatic carbocycles. The van der Waals surface area contributed by atoms with Gasteiger partial charge in [0.25, 0.3) is 5.56 Å². The highest BCUT2D eigenvalue weighted by Gasteiger charge is 2.21. The number of hydrogen-bond acceptors (Lipinski definition) is 4. The Labute approximate surface area is 122 Å². The van der Waals surface area contributed by atoms with Gasteiger partial charge in [0.05, 0.1) is 11.7 Å². The fourth-order valence-corrected chi connectivity index (χ4v) is 3.44. The molecule has 108 valence electrons. The SMILES string of the molecule is Cc1sc2ncn(CC(C)CNC3CC3)c(=O)c2c1C. The van der Waals surface area contributed by atoms with Crippen LogP contribution in [-0.2, 0) is 6.54 Å². The minimum absolute atomic E-state index is 0.107. The van der Waals surface area contributed by atoms with Gasteiger partial charge in [0.2, 0.25) is 0 Å². The number of fused-ring (bicyclic) bond motifs is 1. The molecule has 1 N–H and O–H groups in total. The summed E-state index contributed by atoms with van der Waals surface area (Å²) in [7, 11) is 0. The summed E-state index contributed by atoms with van der Waals surface area (Å²) < 4.78 is 1.76. The number of nitrogens with zero attached hydrogens (tertiary/aromatic N) is 2. The maximum absolute atomic E-state index is 12.6. The molecule has 1 saturated carbocycles. The average molecular weight is 291 g/mol. The summed E-state index contributed by atoms with van der Waals surface area (Å²) in [6.45, 7) is 7.94. The van der Waals surface area contributed by atoms with Gasteiger partial charge in [-0.1, -0.05) is 6.92 Å². The maximum atomic E-state index is 12.6. The van der Waals surface area contributed by atoms with E-state index in [1.54, 1.807) is 22.2 Å². The first-order chi connectivity index (χ1) is 9.56. The Kier molecular flexibility index (Phi) is 3.65. The van der Waals surface area contributed by atoms with Crippen LogP contribution in [0.2, 0.25) is 0 Å². The van der Waals surface area contributed by atoms with Crippen LogP contribution in [0, 0.1) is 19.8 Å². The zero-order chi connectivity index (χ0) is 14.3. The Balaban J connectivity index is 1.82. The number of nitrogens with one attached hydrogen (secondary N) is 1. The van der Waals surface area contributed by atoms with E-state index in [0.29, 0.717) is 5.92 Å². The zero-order valence-corrected chi connectivity index (χ0v) is 13.1. The Bertz CT molecular complexity index is 684. The molecule has 1 aliphatic rings. The van der Waals surface area contributed by atoms with E-state index >= 15 is 0 Å². The molecular weight excluding hydrogens is 270 g/mol. The van der Waals surface area contributed by atoms with Gasteiger partial charge in [-0.2, -0.15) is 0 Å². The molecule has 2 aromatic rings. The largest absolute Gasteiger partial charge is 0.314 e. The first kappa shape index (κ1) is 13.8. The van der Waals surface area contributed by atoms with Crippen LogP contribution in [0.4, 0.5) is 0 Å². The Hall–Kier alpha value is -1.20. The predicted molar refractivity (Wildman–Crippen MR) is 83.5 cm³/mol. The third-order valence-electron chi connectivity index (χ3n) is 4.00. The third-order valence-corrected chi connectivity index (χ3v) is 5.11. The molecule has 1 unspecified atom stereocenters. The number of aromatic nitrogens is 2. The minimum Gasteiger partial charge on any atom is -0.314 e. The van der Waals surface area contributed by atoms with Gasteiger partial charge in [0.15, 0.2) is 0 Å². The van der Waals surface area contributed by atoms with Gasteiger partial charge >= 0.3 is 0 Å².